The largest absolute Gasteiger partial charge is 0.515 e. The molecular formula is C21H19BrN6O3. The number of benzene rings is 1. The lowest BCUT2D eigenvalue weighted by Crippen LogP contribution is -2.13. The quantitative estimate of drug-likeness (QED) is 0.284. The molecular weight excluding hydrogens is 464 g/mol. The van der Waals surface area contributed by atoms with Crippen molar-refractivity contribution in [2.45, 2.75) is 26.2 Å². The van der Waals surface area contributed by atoms with Gasteiger partial charge in [-0.05, 0) is 40.0 Å². The molecule has 1 aromatic carbocycles. The van der Waals surface area contributed by atoms with Crippen molar-refractivity contribution in [3.8, 4) is 17.3 Å². The second-order valence-corrected chi connectivity index (χ2v) is 7.63. The van der Waals surface area contributed by atoms with Crippen LogP contribution in [0, 0.1) is 0 Å². The van der Waals surface area contributed by atoms with Crippen LogP contribution in [0.25, 0.3) is 17.0 Å². The Bertz CT molecular complexity index is 1200. The third-order valence-electron chi connectivity index (χ3n) is 4.38. The molecule has 4 aromatic rings. The predicted octanol–water partition coefficient (Wildman–Crippen LogP) is 4.25. The van der Waals surface area contributed by atoms with E-state index in [1.807, 2.05) is 31.2 Å². The summed E-state index contributed by atoms with van der Waals surface area (Å²) < 4.78 is 12.5. The Kier molecular flexibility index (Phi) is 6.46. The van der Waals surface area contributed by atoms with Crippen molar-refractivity contribution < 1.29 is 14.3 Å². The molecule has 0 bridgehead atoms. The molecule has 9 nitrogen and oxygen atoms in total. The maximum Gasteiger partial charge on any atom is 0.515 e. The van der Waals surface area contributed by atoms with Crippen LogP contribution in [0.1, 0.15) is 31.2 Å². The standard InChI is InChI=1S/C21H19BrN6O3/c1-2-3-9-30-21(29)31-19-8-7-17-25-26-18(28(17)27-19)11-14-5-4-6-15(10-14)20-23-12-16(22)13-24-20/h4-8,10,12-13H,2-3,9,11H2,1H3. The Balaban J connectivity index is 1.53. The van der Waals surface area contributed by atoms with E-state index in [0.717, 1.165) is 28.4 Å². The Labute approximate surface area is 186 Å². The van der Waals surface area contributed by atoms with Crippen molar-refractivity contribution in [3.63, 3.8) is 0 Å². The minimum atomic E-state index is -0.780. The summed E-state index contributed by atoms with van der Waals surface area (Å²) in [6.07, 6.45) is 4.82. The van der Waals surface area contributed by atoms with E-state index in [-0.39, 0.29) is 5.88 Å². The maximum atomic E-state index is 11.8. The summed E-state index contributed by atoms with van der Waals surface area (Å²) in [6.45, 7) is 2.33. The number of hydrogen-bond donors (Lipinski definition) is 0. The van der Waals surface area contributed by atoms with Crippen molar-refractivity contribution in [2.75, 3.05) is 6.61 Å². The number of ether oxygens (including phenoxy) is 2. The zero-order valence-electron chi connectivity index (χ0n) is 16.7. The zero-order chi connectivity index (χ0) is 21.6. The van der Waals surface area contributed by atoms with Crippen LogP contribution in [-0.4, -0.2) is 42.5 Å². The molecule has 31 heavy (non-hydrogen) atoms. The van der Waals surface area contributed by atoms with Crippen LogP contribution < -0.4 is 4.74 Å². The zero-order valence-corrected chi connectivity index (χ0v) is 18.3. The summed E-state index contributed by atoms with van der Waals surface area (Å²) in [5.74, 6) is 1.35. The molecule has 0 radical (unpaired) electrons. The molecule has 0 spiro atoms. The molecule has 0 amide bonds. The van der Waals surface area contributed by atoms with Gasteiger partial charge in [0.25, 0.3) is 0 Å². The highest BCUT2D eigenvalue weighted by Crippen LogP contribution is 2.19. The highest BCUT2D eigenvalue weighted by atomic mass is 79.9. The minimum Gasteiger partial charge on any atom is -0.434 e. The molecule has 0 aliphatic rings. The van der Waals surface area contributed by atoms with Gasteiger partial charge >= 0.3 is 6.16 Å². The molecule has 0 aliphatic carbocycles. The SMILES string of the molecule is CCCCOC(=O)Oc1ccc2nnc(Cc3cccc(-c4ncc(Br)cn4)c3)n2n1. The van der Waals surface area contributed by atoms with Gasteiger partial charge in [-0.3, -0.25) is 0 Å². The van der Waals surface area contributed by atoms with Gasteiger partial charge in [0.05, 0.1) is 11.1 Å². The van der Waals surface area contributed by atoms with Crippen LogP contribution in [0.4, 0.5) is 4.79 Å². The van der Waals surface area contributed by atoms with Crippen LogP contribution in [0.5, 0.6) is 5.88 Å². The highest BCUT2D eigenvalue weighted by Gasteiger charge is 2.13. The van der Waals surface area contributed by atoms with E-state index in [4.69, 9.17) is 9.47 Å². The number of nitrogens with zero attached hydrogens (tertiary/aromatic N) is 6. The molecule has 0 unspecified atom stereocenters. The van der Waals surface area contributed by atoms with E-state index < -0.39 is 6.16 Å². The van der Waals surface area contributed by atoms with Crippen molar-refractivity contribution in [2.24, 2.45) is 0 Å². The number of rotatable bonds is 7. The molecule has 0 saturated carbocycles. The third kappa shape index (κ3) is 5.21. The van der Waals surface area contributed by atoms with Gasteiger partial charge in [0, 0.05) is 30.4 Å². The van der Waals surface area contributed by atoms with Gasteiger partial charge in [-0.1, -0.05) is 31.5 Å². The Morgan fingerprint density at radius 3 is 2.77 bits per heavy atom. The number of hydrogen-bond acceptors (Lipinski definition) is 8. The van der Waals surface area contributed by atoms with E-state index in [2.05, 4.69) is 41.2 Å². The molecule has 0 aliphatic heterocycles. The molecule has 10 heteroatoms. The van der Waals surface area contributed by atoms with Crippen molar-refractivity contribution in [3.05, 3.63) is 64.7 Å². The lowest BCUT2D eigenvalue weighted by atomic mass is 10.1. The van der Waals surface area contributed by atoms with Crippen molar-refractivity contribution in [1.29, 1.82) is 0 Å². The summed E-state index contributed by atoms with van der Waals surface area (Å²) >= 11 is 3.34. The second kappa shape index (κ2) is 9.61. The van der Waals surface area contributed by atoms with Crippen LogP contribution in [0.15, 0.2) is 53.3 Å². The number of carbonyl (C=O) groups excluding carboxylic acids is 1. The Morgan fingerprint density at radius 2 is 1.97 bits per heavy atom. The van der Waals surface area contributed by atoms with Gasteiger partial charge in [0.1, 0.15) is 0 Å². The summed E-state index contributed by atoms with van der Waals surface area (Å²) in [5, 5.41) is 12.7. The molecule has 4 rings (SSSR count). The van der Waals surface area contributed by atoms with Gasteiger partial charge in [-0.2, -0.15) is 4.52 Å². The summed E-state index contributed by atoms with van der Waals surface area (Å²) in [7, 11) is 0. The van der Waals surface area contributed by atoms with E-state index in [9.17, 15) is 4.79 Å². The number of carbonyl (C=O) groups is 1. The van der Waals surface area contributed by atoms with E-state index >= 15 is 0 Å². The van der Waals surface area contributed by atoms with Crippen LogP contribution in [-0.2, 0) is 11.2 Å². The van der Waals surface area contributed by atoms with Crippen LogP contribution >= 0.6 is 15.9 Å². The summed E-state index contributed by atoms with van der Waals surface area (Å²) in [6, 6.07) is 11.1. The lowest BCUT2D eigenvalue weighted by molar-refractivity contribution is 0.0958. The molecule has 0 N–H and O–H groups in total. The molecule has 3 aromatic heterocycles. The van der Waals surface area contributed by atoms with Crippen LogP contribution in [0.2, 0.25) is 0 Å². The number of fused-ring (bicyclic) bond motifs is 1. The summed E-state index contributed by atoms with van der Waals surface area (Å²) in [4.78, 5) is 20.5. The number of aromatic nitrogens is 6. The molecule has 0 saturated heterocycles. The predicted molar refractivity (Wildman–Crippen MR) is 116 cm³/mol. The average molecular weight is 483 g/mol. The maximum absolute atomic E-state index is 11.8. The fourth-order valence-electron chi connectivity index (χ4n) is 2.86. The molecule has 3 heterocycles. The fourth-order valence-corrected chi connectivity index (χ4v) is 3.06. The van der Waals surface area contributed by atoms with Crippen molar-refractivity contribution >= 4 is 27.7 Å². The number of halogens is 1. The minimum absolute atomic E-state index is 0.118. The van der Waals surface area contributed by atoms with Crippen LogP contribution in [0.3, 0.4) is 0 Å². The lowest BCUT2D eigenvalue weighted by Gasteiger charge is -2.06. The van der Waals surface area contributed by atoms with Gasteiger partial charge in [0.2, 0.25) is 5.88 Å². The molecule has 158 valence electrons. The van der Waals surface area contributed by atoms with Gasteiger partial charge in [-0.25, -0.2) is 14.8 Å². The fraction of sp³-hybridized carbons (Fsp3) is 0.238. The second-order valence-electron chi connectivity index (χ2n) is 6.71. The highest BCUT2D eigenvalue weighted by molar-refractivity contribution is 9.10. The van der Waals surface area contributed by atoms with Crippen molar-refractivity contribution in [1.82, 2.24) is 29.8 Å². The van der Waals surface area contributed by atoms with E-state index in [0.29, 0.717) is 30.3 Å². The van der Waals surface area contributed by atoms with Gasteiger partial charge < -0.3 is 9.47 Å². The van der Waals surface area contributed by atoms with Gasteiger partial charge in [-0.15, -0.1) is 15.3 Å². The smallest absolute Gasteiger partial charge is 0.434 e. The molecule has 0 atom stereocenters. The Hall–Kier alpha value is -3.40. The number of unbranched alkanes of at least 4 members (excludes halogenated alkanes) is 1. The monoisotopic (exact) mass is 482 g/mol. The van der Waals surface area contributed by atoms with E-state index in [1.54, 1.807) is 29.0 Å². The summed E-state index contributed by atoms with van der Waals surface area (Å²) in [5.41, 5.74) is 2.44. The average Bonchev–Trinajstić information content (AvgIpc) is 3.16. The van der Waals surface area contributed by atoms with Gasteiger partial charge in [0.15, 0.2) is 17.3 Å². The topological polar surface area (TPSA) is 104 Å². The Morgan fingerprint density at radius 1 is 1.13 bits per heavy atom. The first-order valence-corrected chi connectivity index (χ1v) is 10.5. The first-order chi connectivity index (χ1) is 15.1. The normalized spacial score (nSPS) is 10.9. The third-order valence-corrected chi connectivity index (χ3v) is 4.79. The first kappa shape index (κ1) is 20.9. The van der Waals surface area contributed by atoms with E-state index in [1.165, 1.54) is 0 Å². The molecule has 0 fully saturated rings. The first-order valence-electron chi connectivity index (χ1n) is 9.75.